The minimum atomic E-state index is 1.30. The van der Waals surface area contributed by atoms with Crippen LogP contribution in [0.15, 0.2) is 70.5 Å². The molecule has 0 radical (unpaired) electrons. The molecule has 114 valence electrons. The molecule has 1 heterocycles. The highest BCUT2D eigenvalue weighted by atomic mass is 32.2. The molecular weight excluding hydrogens is 304 g/mol. The highest BCUT2D eigenvalue weighted by Gasteiger charge is 1.96. The number of hydrogen-bond acceptors (Lipinski definition) is 2. The molecule has 0 fully saturated rings. The van der Waals surface area contributed by atoms with Gasteiger partial charge in [-0.25, -0.2) is 0 Å². The smallest absolute Gasteiger partial charge is 0.0122 e. The fourth-order valence-corrected chi connectivity index (χ4v) is 3.50. The quantitative estimate of drug-likeness (QED) is 0.498. The van der Waals surface area contributed by atoms with Gasteiger partial charge in [-0.15, -0.1) is 11.3 Å². The summed E-state index contributed by atoms with van der Waals surface area (Å²) in [7, 11) is 0. The summed E-state index contributed by atoms with van der Waals surface area (Å²) in [6.07, 6.45) is 0. The van der Waals surface area contributed by atoms with Crippen molar-refractivity contribution in [3.8, 4) is 0 Å². The molecule has 0 atom stereocenters. The molecule has 0 spiro atoms. The highest BCUT2D eigenvalue weighted by molar-refractivity contribution is 7.99. The first-order valence-corrected chi connectivity index (χ1v) is 9.00. The van der Waals surface area contributed by atoms with Gasteiger partial charge in [0.15, 0.2) is 0 Å². The van der Waals surface area contributed by atoms with Gasteiger partial charge in [-0.1, -0.05) is 47.2 Å². The normalized spacial score (nSPS) is 10.0. The van der Waals surface area contributed by atoms with Gasteiger partial charge in [0.05, 0.1) is 0 Å². The highest BCUT2D eigenvalue weighted by Crippen LogP contribution is 2.27. The van der Waals surface area contributed by atoms with Gasteiger partial charge in [-0.3, -0.25) is 0 Å². The first-order valence-electron chi connectivity index (χ1n) is 7.37. The van der Waals surface area contributed by atoms with E-state index < -0.39 is 0 Å². The van der Waals surface area contributed by atoms with Crippen LogP contribution in [0.5, 0.6) is 0 Å². The fourth-order valence-electron chi connectivity index (χ4n) is 1.91. The van der Waals surface area contributed by atoms with Crippen molar-refractivity contribution in [3.63, 3.8) is 0 Å². The lowest BCUT2D eigenvalue weighted by Gasteiger charge is -2.02. The molecule has 2 aromatic carbocycles. The van der Waals surface area contributed by atoms with E-state index in [2.05, 4.69) is 88.4 Å². The molecule has 0 saturated heterocycles. The summed E-state index contributed by atoms with van der Waals surface area (Å²) >= 11 is 3.65. The van der Waals surface area contributed by atoms with E-state index >= 15 is 0 Å². The second-order valence-corrected chi connectivity index (χ2v) is 8.02. The fraction of sp³-hybridized carbons (Fsp3) is 0.200. The minimum Gasteiger partial charge on any atom is -0.146 e. The van der Waals surface area contributed by atoms with Crippen LogP contribution in [-0.4, -0.2) is 0 Å². The number of benzene rings is 2. The zero-order valence-electron chi connectivity index (χ0n) is 13.6. The molecule has 3 aromatic rings. The molecule has 0 nitrogen and oxygen atoms in total. The maximum Gasteiger partial charge on any atom is 0.0122 e. The molecule has 0 aliphatic rings. The van der Waals surface area contributed by atoms with Crippen molar-refractivity contribution < 1.29 is 0 Å². The van der Waals surface area contributed by atoms with E-state index in [0.29, 0.717) is 0 Å². The molecule has 22 heavy (non-hydrogen) atoms. The van der Waals surface area contributed by atoms with Crippen molar-refractivity contribution in [2.24, 2.45) is 0 Å². The van der Waals surface area contributed by atoms with E-state index in [9.17, 15) is 0 Å². The number of hydrogen-bond donors (Lipinski definition) is 0. The van der Waals surface area contributed by atoms with E-state index in [1.165, 1.54) is 30.7 Å². The van der Waals surface area contributed by atoms with Crippen LogP contribution >= 0.6 is 23.1 Å². The Labute approximate surface area is 142 Å². The van der Waals surface area contributed by atoms with Crippen molar-refractivity contribution in [2.75, 3.05) is 0 Å². The van der Waals surface area contributed by atoms with Gasteiger partial charge in [0.25, 0.3) is 0 Å². The van der Waals surface area contributed by atoms with Gasteiger partial charge in [-0.05, 0) is 64.1 Å². The molecule has 0 saturated carbocycles. The van der Waals surface area contributed by atoms with Gasteiger partial charge in [0.1, 0.15) is 0 Å². The van der Waals surface area contributed by atoms with Crippen LogP contribution in [0.3, 0.4) is 0 Å². The Morgan fingerprint density at radius 1 is 0.545 bits per heavy atom. The molecule has 1 aromatic heterocycles. The molecule has 0 amide bonds. The Kier molecular flexibility index (Phi) is 6.29. The van der Waals surface area contributed by atoms with Gasteiger partial charge in [0, 0.05) is 19.5 Å². The summed E-state index contributed by atoms with van der Waals surface area (Å²) in [4.78, 5) is 5.39. The van der Waals surface area contributed by atoms with Crippen LogP contribution in [0.1, 0.15) is 20.9 Å². The average Bonchev–Trinajstić information content (AvgIpc) is 2.88. The van der Waals surface area contributed by atoms with Crippen LogP contribution in [0.4, 0.5) is 0 Å². The summed E-state index contributed by atoms with van der Waals surface area (Å²) < 4.78 is 0. The van der Waals surface area contributed by atoms with Crippen molar-refractivity contribution >= 4 is 23.1 Å². The largest absolute Gasteiger partial charge is 0.146 e. The average molecular weight is 327 g/mol. The van der Waals surface area contributed by atoms with Gasteiger partial charge in [0.2, 0.25) is 0 Å². The minimum absolute atomic E-state index is 1.30. The molecule has 0 unspecified atom stereocenters. The summed E-state index contributed by atoms with van der Waals surface area (Å²) in [6.45, 7) is 8.47. The summed E-state index contributed by atoms with van der Waals surface area (Å²) in [6, 6.07) is 21.5. The van der Waals surface area contributed by atoms with Crippen molar-refractivity contribution in [3.05, 3.63) is 81.5 Å². The Morgan fingerprint density at radius 2 is 0.909 bits per heavy atom. The first kappa shape index (κ1) is 16.9. The van der Waals surface area contributed by atoms with E-state index in [0.717, 1.165) is 0 Å². The van der Waals surface area contributed by atoms with E-state index in [-0.39, 0.29) is 0 Å². The SMILES string of the molecule is Cc1ccc(C)s1.Cc1ccc(Sc2ccc(C)cc2)cc1. The zero-order valence-corrected chi connectivity index (χ0v) is 15.2. The maximum absolute atomic E-state index is 2.17. The van der Waals surface area contributed by atoms with Crippen LogP contribution in [0.2, 0.25) is 0 Å². The third-order valence-corrected chi connectivity index (χ3v) is 5.08. The molecule has 2 heteroatoms. The molecule has 0 aliphatic carbocycles. The molecule has 0 aliphatic heterocycles. The van der Waals surface area contributed by atoms with E-state index in [4.69, 9.17) is 0 Å². The summed E-state index contributed by atoms with van der Waals surface area (Å²) in [5.41, 5.74) is 2.62. The molecule has 3 rings (SSSR count). The second kappa shape index (κ2) is 8.21. The first-order chi connectivity index (χ1) is 10.5. The predicted octanol–water partition coefficient (Wildman–Crippen LogP) is 6.82. The lowest BCUT2D eigenvalue weighted by atomic mass is 10.2. The van der Waals surface area contributed by atoms with Gasteiger partial charge in [-0.2, -0.15) is 0 Å². The van der Waals surface area contributed by atoms with Crippen LogP contribution in [-0.2, 0) is 0 Å². The monoisotopic (exact) mass is 326 g/mol. The summed E-state index contributed by atoms with van der Waals surface area (Å²) in [5, 5.41) is 0. The lowest BCUT2D eigenvalue weighted by Crippen LogP contribution is -1.76. The summed E-state index contributed by atoms with van der Waals surface area (Å²) in [5.74, 6) is 0. The molecular formula is C20H22S2. The van der Waals surface area contributed by atoms with Crippen molar-refractivity contribution in [2.45, 2.75) is 37.5 Å². The molecule has 0 N–H and O–H groups in total. The number of aryl methyl sites for hydroxylation is 4. The Morgan fingerprint density at radius 3 is 1.18 bits per heavy atom. The Balaban J connectivity index is 0.000000211. The van der Waals surface area contributed by atoms with Crippen LogP contribution in [0.25, 0.3) is 0 Å². The number of thiophene rings is 1. The lowest BCUT2D eigenvalue weighted by molar-refractivity contribution is 1.34. The number of rotatable bonds is 2. The third kappa shape index (κ3) is 5.70. The topological polar surface area (TPSA) is 0 Å². The standard InChI is InChI=1S/C14H14S.C6H8S/c1-11-3-7-13(8-4-11)15-14-9-5-12(2)6-10-14;1-5-3-4-6(2)7-5/h3-10H,1-2H3;3-4H,1-2H3. The maximum atomic E-state index is 2.17. The third-order valence-electron chi connectivity index (χ3n) is 3.15. The van der Waals surface area contributed by atoms with E-state index in [1.807, 2.05) is 11.3 Å². The second-order valence-electron chi connectivity index (χ2n) is 5.38. The van der Waals surface area contributed by atoms with Crippen molar-refractivity contribution in [1.29, 1.82) is 0 Å². The van der Waals surface area contributed by atoms with Crippen LogP contribution in [0, 0.1) is 27.7 Å². The zero-order chi connectivity index (χ0) is 15.9. The Hall–Kier alpha value is -1.51. The Bertz CT molecular complexity index is 631. The molecule has 0 bridgehead atoms. The van der Waals surface area contributed by atoms with E-state index in [1.54, 1.807) is 11.8 Å². The predicted molar refractivity (Wildman–Crippen MR) is 100 cm³/mol. The van der Waals surface area contributed by atoms with Gasteiger partial charge < -0.3 is 0 Å². The van der Waals surface area contributed by atoms with Crippen molar-refractivity contribution in [1.82, 2.24) is 0 Å². The van der Waals surface area contributed by atoms with Gasteiger partial charge >= 0.3 is 0 Å². The van der Waals surface area contributed by atoms with Crippen LogP contribution < -0.4 is 0 Å².